The lowest BCUT2D eigenvalue weighted by Gasteiger charge is -2.10. The van der Waals surface area contributed by atoms with Gasteiger partial charge in [0.15, 0.2) is 0 Å². The van der Waals surface area contributed by atoms with E-state index < -0.39 is 0 Å². The molecule has 5 nitrogen and oxygen atoms in total. The second-order valence-corrected chi connectivity index (χ2v) is 6.13. The maximum absolute atomic E-state index is 12.5. The summed E-state index contributed by atoms with van der Waals surface area (Å²) in [7, 11) is 0. The number of aromatic nitrogens is 2. The molecule has 2 N–H and O–H groups in total. The van der Waals surface area contributed by atoms with Crippen LogP contribution < -0.4 is 10.6 Å². The van der Waals surface area contributed by atoms with Gasteiger partial charge in [0.2, 0.25) is 0 Å². The smallest absolute Gasteiger partial charge is 0.274 e. The quantitative estimate of drug-likeness (QED) is 0.711. The molecule has 3 aromatic rings. The van der Waals surface area contributed by atoms with Crippen molar-refractivity contribution < 1.29 is 4.79 Å². The fourth-order valence-electron chi connectivity index (χ4n) is 2.29. The third-order valence-electron chi connectivity index (χ3n) is 3.66. The van der Waals surface area contributed by atoms with Gasteiger partial charge in [-0.15, -0.1) is 0 Å². The van der Waals surface area contributed by atoms with E-state index in [2.05, 4.69) is 20.6 Å². The number of hydrogen-bond donors (Lipinski definition) is 2. The molecule has 0 aliphatic carbocycles. The minimum atomic E-state index is -0.282. The summed E-state index contributed by atoms with van der Waals surface area (Å²) >= 11 is 5.88. The third kappa shape index (κ3) is 4.33. The Morgan fingerprint density at radius 2 is 1.76 bits per heavy atom. The molecule has 0 radical (unpaired) electrons. The number of carbonyl (C=O) groups excluding carboxylic acids is 1. The number of hydrogen-bond acceptors (Lipinski definition) is 4. The van der Waals surface area contributed by atoms with Crippen LogP contribution in [-0.2, 0) is 0 Å². The molecule has 0 bridgehead atoms. The molecular weight excluding hydrogens is 336 g/mol. The molecule has 1 aromatic heterocycles. The van der Waals surface area contributed by atoms with Crippen molar-refractivity contribution >= 4 is 34.7 Å². The summed E-state index contributed by atoms with van der Waals surface area (Å²) in [6, 6.07) is 14.7. The van der Waals surface area contributed by atoms with Crippen molar-refractivity contribution in [3.63, 3.8) is 0 Å². The van der Waals surface area contributed by atoms with Crippen molar-refractivity contribution in [2.24, 2.45) is 0 Å². The third-order valence-corrected chi connectivity index (χ3v) is 3.91. The van der Waals surface area contributed by atoms with Crippen molar-refractivity contribution in [2.75, 3.05) is 10.6 Å². The van der Waals surface area contributed by atoms with Crippen molar-refractivity contribution in [3.05, 3.63) is 76.7 Å². The average molecular weight is 353 g/mol. The van der Waals surface area contributed by atoms with Gasteiger partial charge in [0.1, 0.15) is 17.8 Å². The lowest BCUT2D eigenvalue weighted by Crippen LogP contribution is -2.15. The average Bonchev–Trinajstić information content (AvgIpc) is 2.60. The first-order valence-electron chi connectivity index (χ1n) is 7.74. The highest BCUT2D eigenvalue weighted by atomic mass is 35.5. The van der Waals surface area contributed by atoms with Gasteiger partial charge in [-0.1, -0.05) is 23.7 Å². The Hall–Kier alpha value is -2.92. The zero-order valence-electron chi connectivity index (χ0n) is 13.9. The first-order chi connectivity index (χ1) is 12.0. The number of anilines is 3. The van der Waals surface area contributed by atoms with Gasteiger partial charge in [-0.05, 0) is 55.3 Å². The van der Waals surface area contributed by atoms with Gasteiger partial charge in [0.05, 0.1) is 0 Å². The van der Waals surface area contributed by atoms with Gasteiger partial charge in [0, 0.05) is 22.5 Å². The van der Waals surface area contributed by atoms with Crippen LogP contribution in [0.3, 0.4) is 0 Å². The first kappa shape index (κ1) is 16.9. The highest BCUT2D eigenvalue weighted by Crippen LogP contribution is 2.19. The van der Waals surface area contributed by atoms with E-state index in [-0.39, 0.29) is 11.6 Å². The van der Waals surface area contributed by atoms with Crippen LogP contribution in [0.15, 0.2) is 54.9 Å². The predicted octanol–water partition coefficient (Wildman–Crippen LogP) is 4.74. The number of rotatable bonds is 4. The molecule has 0 fully saturated rings. The van der Waals surface area contributed by atoms with Gasteiger partial charge in [-0.2, -0.15) is 0 Å². The Labute approximate surface area is 151 Å². The number of nitrogens with one attached hydrogen (secondary N) is 2. The van der Waals surface area contributed by atoms with Crippen molar-refractivity contribution in [3.8, 4) is 0 Å². The Morgan fingerprint density at radius 3 is 2.52 bits per heavy atom. The summed E-state index contributed by atoms with van der Waals surface area (Å²) in [5, 5.41) is 6.67. The topological polar surface area (TPSA) is 66.9 Å². The molecule has 0 saturated heterocycles. The van der Waals surface area contributed by atoms with Gasteiger partial charge in [-0.3, -0.25) is 4.79 Å². The molecule has 2 aromatic carbocycles. The Kier molecular flexibility index (Phi) is 4.95. The monoisotopic (exact) mass is 352 g/mol. The van der Waals surface area contributed by atoms with Gasteiger partial charge in [-0.25, -0.2) is 9.97 Å². The lowest BCUT2D eigenvalue weighted by molar-refractivity contribution is 0.102. The van der Waals surface area contributed by atoms with Crippen molar-refractivity contribution in [1.82, 2.24) is 9.97 Å². The van der Waals surface area contributed by atoms with E-state index in [1.165, 1.54) is 6.33 Å². The molecule has 25 heavy (non-hydrogen) atoms. The van der Waals surface area contributed by atoms with E-state index in [1.807, 2.05) is 44.2 Å². The molecule has 0 aliphatic heterocycles. The summed E-state index contributed by atoms with van der Waals surface area (Å²) in [5.74, 6) is 0.249. The summed E-state index contributed by atoms with van der Waals surface area (Å²) < 4.78 is 0. The minimum absolute atomic E-state index is 0.282. The van der Waals surface area contributed by atoms with E-state index in [4.69, 9.17) is 11.6 Å². The maximum Gasteiger partial charge on any atom is 0.274 e. The Bertz CT molecular complexity index is 910. The van der Waals surface area contributed by atoms with Crippen LogP contribution in [0.2, 0.25) is 5.02 Å². The van der Waals surface area contributed by atoms with E-state index in [1.54, 1.807) is 18.2 Å². The van der Waals surface area contributed by atoms with E-state index in [0.717, 1.165) is 22.5 Å². The summed E-state index contributed by atoms with van der Waals surface area (Å²) in [5.41, 5.74) is 3.95. The van der Waals surface area contributed by atoms with Crippen LogP contribution in [0.4, 0.5) is 17.2 Å². The van der Waals surface area contributed by atoms with Crippen molar-refractivity contribution in [1.29, 1.82) is 0 Å². The minimum Gasteiger partial charge on any atom is -0.340 e. The molecule has 6 heteroatoms. The second-order valence-electron chi connectivity index (χ2n) is 5.69. The first-order valence-corrected chi connectivity index (χ1v) is 8.12. The normalized spacial score (nSPS) is 10.4. The van der Waals surface area contributed by atoms with Gasteiger partial charge < -0.3 is 10.6 Å². The fourth-order valence-corrected chi connectivity index (χ4v) is 2.41. The van der Waals surface area contributed by atoms with Crippen LogP contribution in [-0.4, -0.2) is 15.9 Å². The molecular formula is C19H17ClN4O. The molecule has 3 rings (SSSR count). The predicted molar refractivity (Wildman–Crippen MR) is 101 cm³/mol. The largest absolute Gasteiger partial charge is 0.340 e. The van der Waals surface area contributed by atoms with Gasteiger partial charge >= 0.3 is 0 Å². The second kappa shape index (κ2) is 7.32. The standard InChI is InChI=1S/C19H17ClN4O/c1-12-3-4-13(2)16(9-12)24-19(25)17-10-18(22-11-21-17)23-15-7-5-14(20)6-8-15/h3-11H,1-2H3,(H,24,25)(H,21,22,23). The van der Waals surface area contributed by atoms with Crippen LogP contribution >= 0.6 is 11.6 Å². The molecule has 0 atom stereocenters. The molecule has 0 aliphatic rings. The SMILES string of the molecule is Cc1ccc(C)c(NC(=O)c2cc(Nc3ccc(Cl)cc3)ncn2)c1. The number of nitrogens with zero attached hydrogens (tertiary/aromatic N) is 2. The van der Waals surface area contributed by atoms with Gasteiger partial charge in [0.25, 0.3) is 5.91 Å². The molecule has 126 valence electrons. The summed E-state index contributed by atoms with van der Waals surface area (Å²) in [6.07, 6.45) is 1.36. The van der Waals surface area contributed by atoms with E-state index >= 15 is 0 Å². The number of carbonyl (C=O) groups is 1. The number of aryl methyl sites for hydroxylation is 2. The zero-order chi connectivity index (χ0) is 17.8. The number of halogens is 1. The molecule has 0 saturated carbocycles. The highest BCUT2D eigenvalue weighted by molar-refractivity contribution is 6.30. The highest BCUT2D eigenvalue weighted by Gasteiger charge is 2.11. The maximum atomic E-state index is 12.5. The van der Waals surface area contributed by atoms with E-state index in [9.17, 15) is 4.79 Å². The van der Waals surface area contributed by atoms with Crippen LogP contribution in [0.1, 0.15) is 21.6 Å². The van der Waals surface area contributed by atoms with Crippen LogP contribution in [0, 0.1) is 13.8 Å². The zero-order valence-corrected chi connectivity index (χ0v) is 14.6. The van der Waals surface area contributed by atoms with E-state index in [0.29, 0.717) is 10.8 Å². The molecule has 0 spiro atoms. The number of amides is 1. The van der Waals surface area contributed by atoms with Crippen LogP contribution in [0.5, 0.6) is 0 Å². The molecule has 1 heterocycles. The Balaban J connectivity index is 1.77. The Morgan fingerprint density at radius 1 is 1.00 bits per heavy atom. The fraction of sp³-hybridized carbons (Fsp3) is 0.105. The molecule has 0 unspecified atom stereocenters. The summed E-state index contributed by atoms with van der Waals surface area (Å²) in [6.45, 7) is 3.93. The van der Waals surface area contributed by atoms with Crippen LogP contribution in [0.25, 0.3) is 0 Å². The summed E-state index contributed by atoms with van der Waals surface area (Å²) in [4.78, 5) is 20.7. The molecule has 1 amide bonds. The number of benzene rings is 2. The van der Waals surface area contributed by atoms with Crippen molar-refractivity contribution in [2.45, 2.75) is 13.8 Å². The lowest BCUT2D eigenvalue weighted by atomic mass is 10.1.